The van der Waals surface area contributed by atoms with Crippen molar-refractivity contribution in [2.24, 2.45) is 0 Å². The first-order valence-electron chi connectivity index (χ1n) is 6.88. The van der Waals surface area contributed by atoms with Gasteiger partial charge in [0.25, 0.3) is 0 Å². The molecular formula is C13H25N3O2. The second-order valence-corrected chi connectivity index (χ2v) is 6.21. The standard InChI is InChI=1S/C13H25N3O2/c1-13(2,3)18-12(17)16-8-6-15(7-9-16)10-11-4-5-14-11/h11,14H,4-10H2,1-3H3. The highest BCUT2D eigenvalue weighted by molar-refractivity contribution is 5.68. The van der Waals surface area contributed by atoms with Crippen LogP contribution in [-0.4, -0.2) is 66.8 Å². The summed E-state index contributed by atoms with van der Waals surface area (Å²) in [6.45, 7) is 11.5. The summed E-state index contributed by atoms with van der Waals surface area (Å²) in [4.78, 5) is 16.1. The molecule has 0 aromatic rings. The Balaban J connectivity index is 1.70. The van der Waals surface area contributed by atoms with Gasteiger partial charge in [0.1, 0.15) is 5.60 Å². The van der Waals surface area contributed by atoms with Gasteiger partial charge in [0.15, 0.2) is 0 Å². The third kappa shape index (κ3) is 3.85. The number of rotatable bonds is 2. The van der Waals surface area contributed by atoms with Gasteiger partial charge in [-0.05, 0) is 33.7 Å². The highest BCUT2D eigenvalue weighted by Gasteiger charge is 2.27. The van der Waals surface area contributed by atoms with Crippen LogP contribution in [0.15, 0.2) is 0 Å². The van der Waals surface area contributed by atoms with Gasteiger partial charge in [-0.1, -0.05) is 0 Å². The molecule has 0 aliphatic carbocycles. The van der Waals surface area contributed by atoms with E-state index in [0.29, 0.717) is 6.04 Å². The second-order valence-electron chi connectivity index (χ2n) is 6.21. The summed E-state index contributed by atoms with van der Waals surface area (Å²) in [5, 5.41) is 3.41. The van der Waals surface area contributed by atoms with E-state index in [0.717, 1.165) is 39.3 Å². The summed E-state index contributed by atoms with van der Waals surface area (Å²) < 4.78 is 5.38. The number of hydrogen-bond donors (Lipinski definition) is 1. The number of nitrogens with zero attached hydrogens (tertiary/aromatic N) is 2. The molecule has 2 aliphatic heterocycles. The third-order valence-electron chi connectivity index (χ3n) is 3.43. The zero-order chi connectivity index (χ0) is 13.2. The van der Waals surface area contributed by atoms with E-state index in [1.165, 1.54) is 6.42 Å². The summed E-state index contributed by atoms with van der Waals surface area (Å²) in [5.41, 5.74) is -0.399. The Labute approximate surface area is 109 Å². The number of piperazine rings is 1. The Morgan fingerprint density at radius 2 is 1.89 bits per heavy atom. The van der Waals surface area contributed by atoms with Crippen LogP contribution in [0.1, 0.15) is 27.2 Å². The SMILES string of the molecule is CC(C)(C)OC(=O)N1CCN(CC2CCN2)CC1. The lowest BCUT2D eigenvalue weighted by molar-refractivity contribution is 0.0132. The summed E-state index contributed by atoms with van der Waals surface area (Å²) >= 11 is 0. The molecule has 2 saturated heterocycles. The van der Waals surface area contributed by atoms with E-state index in [1.54, 1.807) is 0 Å². The average molecular weight is 255 g/mol. The van der Waals surface area contributed by atoms with E-state index in [-0.39, 0.29) is 6.09 Å². The van der Waals surface area contributed by atoms with Gasteiger partial charge in [-0.2, -0.15) is 0 Å². The molecule has 0 aromatic carbocycles. The van der Waals surface area contributed by atoms with Crippen LogP contribution in [0.2, 0.25) is 0 Å². The minimum Gasteiger partial charge on any atom is -0.444 e. The zero-order valence-corrected chi connectivity index (χ0v) is 11.7. The lowest BCUT2D eigenvalue weighted by Gasteiger charge is -2.39. The van der Waals surface area contributed by atoms with Gasteiger partial charge in [-0.3, -0.25) is 4.90 Å². The predicted molar refractivity (Wildman–Crippen MR) is 70.7 cm³/mol. The lowest BCUT2D eigenvalue weighted by Crippen LogP contribution is -2.55. The van der Waals surface area contributed by atoms with E-state index >= 15 is 0 Å². The fourth-order valence-corrected chi connectivity index (χ4v) is 2.26. The van der Waals surface area contributed by atoms with E-state index in [2.05, 4.69) is 10.2 Å². The molecule has 1 unspecified atom stereocenters. The van der Waals surface area contributed by atoms with Crippen LogP contribution in [0.4, 0.5) is 4.79 Å². The summed E-state index contributed by atoms with van der Waals surface area (Å²) in [5.74, 6) is 0. The molecule has 0 radical (unpaired) electrons. The Morgan fingerprint density at radius 3 is 2.33 bits per heavy atom. The maximum atomic E-state index is 11.9. The normalized spacial score (nSPS) is 25.7. The zero-order valence-electron chi connectivity index (χ0n) is 11.7. The molecule has 1 N–H and O–H groups in total. The fraction of sp³-hybridized carbons (Fsp3) is 0.923. The van der Waals surface area contributed by atoms with E-state index in [9.17, 15) is 4.79 Å². The number of carbonyl (C=O) groups is 1. The van der Waals surface area contributed by atoms with Crippen LogP contribution < -0.4 is 5.32 Å². The molecule has 1 atom stereocenters. The molecule has 0 bridgehead atoms. The Morgan fingerprint density at radius 1 is 1.28 bits per heavy atom. The van der Waals surface area contributed by atoms with Crippen molar-refractivity contribution in [3.63, 3.8) is 0 Å². The number of carbonyl (C=O) groups excluding carboxylic acids is 1. The molecule has 2 rings (SSSR count). The monoisotopic (exact) mass is 255 g/mol. The molecular weight excluding hydrogens is 230 g/mol. The minimum absolute atomic E-state index is 0.177. The number of hydrogen-bond acceptors (Lipinski definition) is 4. The van der Waals surface area contributed by atoms with Crippen LogP contribution in [0.5, 0.6) is 0 Å². The van der Waals surface area contributed by atoms with Crippen molar-refractivity contribution in [2.75, 3.05) is 39.3 Å². The van der Waals surface area contributed by atoms with Crippen molar-refractivity contribution in [1.82, 2.24) is 15.1 Å². The molecule has 0 spiro atoms. The molecule has 2 aliphatic rings. The van der Waals surface area contributed by atoms with Gasteiger partial charge in [0.2, 0.25) is 0 Å². The molecule has 2 fully saturated rings. The summed E-state index contributed by atoms with van der Waals surface area (Å²) in [7, 11) is 0. The number of ether oxygens (including phenoxy) is 1. The highest BCUT2D eigenvalue weighted by atomic mass is 16.6. The molecule has 0 aromatic heterocycles. The van der Waals surface area contributed by atoms with Gasteiger partial charge in [0, 0.05) is 38.8 Å². The van der Waals surface area contributed by atoms with Crippen LogP contribution >= 0.6 is 0 Å². The van der Waals surface area contributed by atoms with Crippen LogP contribution in [0.3, 0.4) is 0 Å². The van der Waals surface area contributed by atoms with Crippen molar-refractivity contribution in [2.45, 2.75) is 38.8 Å². The predicted octanol–water partition coefficient (Wildman–Crippen LogP) is 0.901. The molecule has 0 saturated carbocycles. The van der Waals surface area contributed by atoms with Gasteiger partial charge >= 0.3 is 6.09 Å². The van der Waals surface area contributed by atoms with E-state index in [4.69, 9.17) is 4.74 Å². The van der Waals surface area contributed by atoms with Crippen LogP contribution in [0.25, 0.3) is 0 Å². The summed E-state index contributed by atoms with van der Waals surface area (Å²) in [6, 6.07) is 0.665. The third-order valence-corrected chi connectivity index (χ3v) is 3.43. The molecule has 5 nitrogen and oxygen atoms in total. The molecule has 104 valence electrons. The lowest BCUT2D eigenvalue weighted by atomic mass is 10.1. The molecule has 2 heterocycles. The topological polar surface area (TPSA) is 44.8 Å². The number of nitrogens with one attached hydrogen (secondary N) is 1. The first kappa shape index (κ1) is 13.6. The van der Waals surface area contributed by atoms with Crippen molar-refractivity contribution in [3.05, 3.63) is 0 Å². The Hall–Kier alpha value is -0.810. The van der Waals surface area contributed by atoms with E-state index in [1.807, 2.05) is 25.7 Å². The quantitative estimate of drug-likeness (QED) is 0.796. The fourth-order valence-electron chi connectivity index (χ4n) is 2.26. The van der Waals surface area contributed by atoms with Crippen LogP contribution in [0, 0.1) is 0 Å². The van der Waals surface area contributed by atoms with Gasteiger partial charge < -0.3 is 15.0 Å². The molecule has 5 heteroatoms. The summed E-state index contributed by atoms with van der Waals surface area (Å²) in [6.07, 6.45) is 1.11. The molecule has 18 heavy (non-hydrogen) atoms. The minimum atomic E-state index is -0.399. The van der Waals surface area contributed by atoms with Crippen molar-refractivity contribution in [1.29, 1.82) is 0 Å². The van der Waals surface area contributed by atoms with Crippen molar-refractivity contribution < 1.29 is 9.53 Å². The van der Waals surface area contributed by atoms with Gasteiger partial charge in [0.05, 0.1) is 0 Å². The Kier molecular flexibility index (Phi) is 4.12. The van der Waals surface area contributed by atoms with E-state index < -0.39 is 5.60 Å². The van der Waals surface area contributed by atoms with Gasteiger partial charge in [-0.25, -0.2) is 4.79 Å². The number of amides is 1. The Bertz CT molecular complexity index is 289. The maximum absolute atomic E-state index is 11.9. The van der Waals surface area contributed by atoms with Crippen molar-refractivity contribution >= 4 is 6.09 Å². The molecule has 1 amide bonds. The first-order chi connectivity index (χ1) is 8.44. The van der Waals surface area contributed by atoms with Gasteiger partial charge in [-0.15, -0.1) is 0 Å². The largest absolute Gasteiger partial charge is 0.444 e. The average Bonchev–Trinajstić information content (AvgIpc) is 2.22. The second kappa shape index (κ2) is 5.45. The highest BCUT2D eigenvalue weighted by Crippen LogP contribution is 2.13. The van der Waals surface area contributed by atoms with Crippen molar-refractivity contribution in [3.8, 4) is 0 Å². The maximum Gasteiger partial charge on any atom is 0.410 e. The smallest absolute Gasteiger partial charge is 0.410 e. The van der Waals surface area contributed by atoms with Crippen LogP contribution in [-0.2, 0) is 4.74 Å². The first-order valence-corrected chi connectivity index (χ1v) is 6.88.